The molecule has 0 aromatic heterocycles. The van der Waals surface area contributed by atoms with Crippen molar-refractivity contribution >= 4 is 0 Å². The fraction of sp³-hybridized carbons (Fsp3) is 0.682. The van der Waals surface area contributed by atoms with Crippen LogP contribution in [-0.2, 0) is 6.42 Å². The summed E-state index contributed by atoms with van der Waals surface area (Å²) in [5.41, 5.74) is 0.185. The third kappa shape index (κ3) is 5.03. The Kier molecular flexibility index (Phi) is 8.33. The van der Waals surface area contributed by atoms with Crippen molar-refractivity contribution in [3.8, 4) is 5.75 Å². The van der Waals surface area contributed by atoms with Crippen LogP contribution in [0, 0.1) is 30.0 Å². The topological polar surface area (TPSA) is 9.23 Å². The van der Waals surface area contributed by atoms with E-state index in [9.17, 15) is 13.2 Å². The van der Waals surface area contributed by atoms with E-state index in [1.807, 2.05) is 0 Å². The predicted octanol–water partition coefficient (Wildman–Crippen LogP) is 3.66. The normalized spacial score (nSPS) is 29.0. The maximum atomic E-state index is 13.9. The second-order valence-corrected chi connectivity index (χ2v) is 8.32. The second kappa shape index (κ2) is 10.1. The third-order valence-corrected chi connectivity index (χ3v) is 6.90. The van der Waals surface area contributed by atoms with Crippen molar-refractivity contribution in [3.63, 3.8) is 0 Å². The molecule has 1 aliphatic heterocycles. The molecule has 1 aromatic carbocycles. The molecule has 0 radical (unpaired) electrons. The molecule has 0 saturated heterocycles. The van der Waals surface area contributed by atoms with Gasteiger partial charge in [0, 0.05) is 0 Å². The van der Waals surface area contributed by atoms with Gasteiger partial charge in [-0.2, -0.15) is 12.8 Å². The molecule has 1 nitrogen and oxygen atoms in total. The minimum atomic E-state index is -2.83. The van der Waals surface area contributed by atoms with Gasteiger partial charge in [-0.3, -0.25) is 0 Å². The average molecular weight is 451 g/mol. The molecular formula is C22H28F3ORb. The number of fused-ring (bicyclic) bond motifs is 1. The van der Waals surface area contributed by atoms with Gasteiger partial charge in [0.2, 0.25) is 0 Å². The van der Waals surface area contributed by atoms with E-state index >= 15 is 0 Å². The summed E-state index contributed by atoms with van der Waals surface area (Å²) in [5.74, 6) is 1.39. The minimum absolute atomic E-state index is 0. The number of hydrogen-bond acceptors (Lipinski definition) is 1. The van der Waals surface area contributed by atoms with Crippen molar-refractivity contribution in [2.24, 2.45) is 17.8 Å². The van der Waals surface area contributed by atoms with E-state index in [-0.39, 0.29) is 70.0 Å². The van der Waals surface area contributed by atoms with Gasteiger partial charge in [0.15, 0.2) is 0 Å². The monoisotopic (exact) mass is 450 g/mol. The summed E-state index contributed by atoms with van der Waals surface area (Å²) in [7, 11) is 0. The quantitative estimate of drug-likeness (QED) is 0.639. The summed E-state index contributed by atoms with van der Waals surface area (Å²) in [6.45, 7) is 0. The van der Waals surface area contributed by atoms with Gasteiger partial charge in [-0.15, -0.1) is 0 Å². The number of ether oxygens (including phenoxy) is 1. The molecule has 5 heteroatoms. The Morgan fingerprint density at radius 2 is 1.52 bits per heavy atom. The van der Waals surface area contributed by atoms with Crippen LogP contribution in [0.1, 0.15) is 75.3 Å². The summed E-state index contributed by atoms with van der Waals surface area (Å²) in [5, 5.41) is 0. The van der Waals surface area contributed by atoms with Crippen LogP contribution >= 0.6 is 0 Å². The van der Waals surface area contributed by atoms with Gasteiger partial charge in [-0.1, -0.05) is 18.9 Å². The number of aryl methyl sites for hydroxylation is 1. The molecule has 0 N–H and O–H groups in total. The molecule has 0 bridgehead atoms. The standard InChI is InChI=1S/C22H28F3O.Rb/c23-18-12-10-17-11-13-19(26-21(17)20(18)22(24)25)16-8-6-15(7-9-16)14-4-2-1-3-5-14;/h1,10,12,14-16,19,22H,2-9,11,13H2;/q-1;+1. The maximum Gasteiger partial charge on any atom is 1.00 e. The first-order valence-electron chi connectivity index (χ1n) is 10.2. The Hall–Kier alpha value is 0.615. The van der Waals surface area contributed by atoms with Crippen LogP contribution in [0.15, 0.2) is 12.1 Å². The Bertz CT molecular complexity index is 622. The fourth-order valence-electron chi connectivity index (χ4n) is 5.41. The van der Waals surface area contributed by atoms with Crippen LogP contribution in [0.4, 0.5) is 13.2 Å². The smallest absolute Gasteiger partial charge is 0.489 e. The zero-order chi connectivity index (χ0) is 18.1. The van der Waals surface area contributed by atoms with E-state index in [2.05, 4.69) is 6.42 Å². The van der Waals surface area contributed by atoms with Crippen molar-refractivity contribution in [2.45, 2.75) is 76.7 Å². The Morgan fingerprint density at radius 3 is 2.19 bits per heavy atom. The first-order chi connectivity index (χ1) is 12.6. The first-order valence-corrected chi connectivity index (χ1v) is 10.2. The van der Waals surface area contributed by atoms with Crippen molar-refractivity contribution in [1.29, 1.82) is 0 Å². The molecule has 2 saturated carbocycles. The van der Waals surface area contributed by atoms with Crippen molar-refractivity contribution in [1.82, 2.24) is 0 Å². The van der Waals surface area contributed by atoms with Crippen molar-refractivity contribution in [3.05, 3.63) is 35.5 Å². The van der Waals surface area contributed by atoms with E-state index in [1.165, 1.54) is 38.5 Å². The van der Waals surface area contributed by atoms with Crippen molar-refractivity contribution in [2.75, 3.05) is 0 Å². The molecular weight excluding hydrogens is 423 g/mol. The Labute approximate surface area is 209 Å². The average Bonchev–Trinajstić information content (AvgIpc) is 2.68. The third-order valence-electron chi connectivity index (χ3n) is 6.90. The van der Waals surface area contributed by atoms with E-state index in [0.29, 0.717) is 12.3 Å². The van der Waals surface area contributed by atoms with Gasteiger partial charge >= 0.3 is 58.2 Å². The van der Waals surface area contributed by atoms with Gasteiger partial charge in [-0.25, -0.2) is 13.2 Å². The van der Waals surface area contributed by atoms with Crippen LogP contribution in [0.3, 0.4) is 0 Å². The van der Waals surface area contributed by atoms with Gasteiger partial charge in [-0.05, 0) is 67.9 Å². The molecule has 4 rings (SSSR count). The summed E-state index contributed by atoms with van der Waals surface area (Å²) in [6, 6.07) is 2.75. The van der Waals surface area contributed by atoms with Gasteiger partial charge < -0.3 is 11.2 Å². The molecule has 27 heavy (non-hydrogen) atoms. The summed E-state index contributed by atoms with van der Waals surface area (Å²) >= 11 is 0. The zero-order valence-electron chi connectivity index (χ0n) is 16.2. The van der Waals surface area contributed by atoms with Crippen LogP contribution in [0.5, 0.6) is 5.75 Å². The molecule has 3 aliphatic rings. The van der Waals surface area contributed by atoms with Gasteiger partial charge in [0.1, 0.15) is 17.7 Å². The number of benzene rings is 1. The molecule has 1 unspecified atom stereocenters. The second-order valence-electron chi connectivity index (χ2n) is 8.32. The Balaban J connectivity index is 0.00000210. The summed E-state index contributed by atoms with van der Waals surface area (Å²) < 4.78 is 46.5. The van der Waals surface area contributed by atoms with E-state index in [0.717, 1.165) is 42.7 Å². The minimum Gasteiger partial charge on any atom is -0.489 e. The van der Waals surface area contributed by atoms with Crippen molar-refractivity contribution < 1.29 is 76.1 Å². The largest absolute Gasteiger partial charge is 1.00 e. The number of halogens is 3. The summed E-state index contributed by atoms with van der Waals surface area (Å²) in [4.78, 5) is 0. The summed E-state index contributed by atoms with van der Waals surface area (Å²) in [6.07, 6.45) is 11.0. The molecule has 0 spiro atoms. The van der Waals surface area contributed by atoms with Gasteiger partial charge in [0.05, 0.1) is 5.56 Å². The molecule has 2 aliphatic carbocycles. The van der Waals surface area contributed by atoms with Crippen LogP contribution in [0.2, 0.25) is 0 Å². The number of hydrogen-bond donors (Lipinski definition) is 0. The first kappa shape index (κ1) is 22.3. The maximum absolute atomic E-state index is 13.9. The van der Waals surface area contributed by atoms with Crippen LogP contribution in [-0.4, -0.2) is 6.10 Å². The molecule has 0 amide bonds. The van der Waals surface area contributed by atoms with Gasteiger partial charge in [0.25, 0.3) is 6.43 Å². The molecule has 2 fully saturated rings. The molecule has 1 atom stereocenters. The van der Waals surface area contributed by atoms with E-state index in [1.54, 1.807) is 6.07 Å². The van der Waals surface area contributed by atoms with Crippen LogP contribution in [0.25, 0.3) is 0 Å². The SMILES string of the molecule is Fc1ccc2c(c1C(F)F)OC(C1CCC(C3CC[CH-]CC3)CC1)CC2.[Rb+]. The van der Waals surface area contributed by atoms with Crippen LogP contribution < -0.4 is 62.9 Å². The zero-order valence-corrected chi connectivity index (χ0v) is 21.1. The molecule has 1 aromatic rings. The number of alkyl halides is 2. The predicted molar refractivity (Wildman–Crippen MR) is 95.8 cm³/mol. The number of rotatable bonds is 3. The fourth-order valence-corrected chi connectivity index (χ4v) is 5.41. The molecule has 144 valence electrons. The molecule has 1 heterocycles. The Morgan fingerprint density at radius 1 is 0.889 bits per heavy atom. The van der Waals surface area contributed by atoms with E-state index in [4.69, 9.17) is 4.74 Å². The van der Waals surface area contributed by atoms with E-state index < -0.39 is 17.8 Å².